The van der Waals surface area contributed by atoms with Gasteiger partial charge in [0, 0.05) is 5.54 Å². The second-order valence-electron chi connectivity index (χ2n) is 4.83. The van der Waals surface area contributed by atoms with E-state index >= 15 is 0 Å². The Morgan fingerprint density at radius 1 is 1.25 bits per heavy atom. The first-order valence-electron chi connectivity index (χ1n) is 5.52. The molecule has 0 heterocycles. The highest BCUT2D eigenvalue weighted by Crippen LogP contribution is 2.32. The van der Waals surface area contributed by atoms with Crippen molar-refractivity contribution in [3.63, 3.8) is 0 Å². The lowest BCUT2D eigenvalue weighted by molar-refractivity contribution is 0.248. The number of nitrogens with one attached hydrogen (secondary N) is 1. The third-order valence-corrected chi connectivity index (χ3v) is 4.82. The van der Waals surface area contributed by atoms with E-state index in [2.05, 4.69) is 4.72 Å². The summed E-state index contributed by atoms with van der Waals surface area (Å²) < 4.78 is 26.9. The quantitative estimate of drug-likeness (QED) is 0.761. The molecule has 0 bridgehead atoms. The van der Waals surface area contributed by atoms with Gasteiger partial charge in [-0.05, 0) is 38.3 Å². The molecule has 0 radical (unpaired) electrons. The SMILES string of the molecule is Bc1ccc(S(=O)(=O)NC2(C)CCC2)cc1. The molecule has 0 aliphatic heterocycles. The topological polar surface area (TPSA) is 46.2 Å². The molecule has 3 nitrogen and oxygen atoms in total. The zero-order chi connectivity index (χ0) is 11.8. The van der Waals surface area contributed by atoms with Crippen LogP contribution >= 0.6 is 0 Å². The van der Waals surface area contributed by atoms with Crippen LogP contribution in [0, 0.1) is 0 Å². The van der Waals surface area contributed by atoms with Gasteiger partial charge in [0.15, 0.2) is 0 Å². The van der Waals surface area contributed by atoms with Crippen molar-refractivity contribution in [2.75, 3.05) is 0 Å². The molecule has 1 aromatic carbocycles. The highest BCUT2D eigenvalue weighted by Gasteiger charge is 2.36. The van der Waals surface area contributed by atoms with Gasteiger partial charge < -0.3 is 0 Å². The van der Waals surface area contributed by atoms with Crippen molar-refractivity contribution in [1.82, 2.24) is 4.72 Å². The Morgan fingerprint density at radius 2 is 1.81 bits per heavy atom. The number of hydrogen-bond donors (Lipinski definition) is 1. The highest BCUT2D eigenvalue weighted by molar-refractivity contribution is 7.89. The van der Waals surface area contributed by atoms with Gasteiger partial charge in [-0.3, -0.25) is 0 Å². The molecule has 1 fully saturated rings. The van der Waals surface area contributed by atoms with Crippen LogP contribution in [0.5, 0.6) is 0 Å². The Kier molecular flexibility index (Phi) is 2.84. The van der Waals surface area contributed by atoms with Gasteiger partial charge in [-0.25, -0.2) is 13.1 Å². The Labute approximate surface area is 97.7 Å². The summed E-state index contributed by atoms with van der Waals surface area (Å²) >= 11 is 0. The van der Waals surface area contributed by atoms with Crippen molar-refractivity contribution in [1.29, 1.82) is 0 Å². The van der Waals surface area contributed by atoms with Crippen LogP contribution in [-0.4, -0.2) is 21.8 Å². The molecular weight excluding hydrogens is 221 g/mol. The fourth-order valence-corrected chi connectivity index (χ4v) is 3.38. The van der Waals surface area contributed by atoms with Crippen LogP contribution in [-0.2, 0) is 10.0 Å². The molecule has 1 aliphatic rings. The first-order chi connectivity index (χ1) is 7.41. The van der Waals surface area contributed by atoms with Gasteiger partial charge in [-0.15, -0.1) is 0 Å². The molecule has 16 heavy (non-hydrogen) atoms. The maximum atomic E-state index is 12.0. The molecule has 2 rings (SSSR count). The van der Waals surface area contributed by atoms with E-state index in [1.165, 1.54) is 0 Å². The molecule has 0 saturated heterocycles. The van der Waals surface area contributed by atoms with Crippen LogP contribution in [0.2, 0.25) is 0 Å². The van der Waals surface area contributed by atoms with E-state index in [0.29, 0.717) is 4.90 Å². The smallest absolute Gasteiger partial charge is 0.207 e. The minimum Gasteiger partial charge on any atom is -0.207 e. The molecule has 5 heteroatoms. The normalized spacial score (nSPS) is 19.1. The third kappa shape index (κ3) is 2.30. The van der Waals surface area contributed by atoms with Crippen molar-refractivity contribution < 1.29 is 8.42 Å². The van der Waals surface area contributed by atoms with E-state index in [9.17, 15) is 8.42 Å². The largest absolute Gasteiger partial charge is 0.241 e. The number of rotatable bonds is 3. The summed E-state index contributed by atoms with van der Waals surface area (Å²) in [6, 6.07) is 6.94. The first-order valence-corrected chi connectivity index (χ1v) is 7.00. The van der Waals surface area contributed by atoms with E-state index in [1.807, 2.05) is 26.9 Å². The summed E-state index contributed by atoms with van der Waals surface area (Å²) in [4.78, 5) is 0.353. The number of hydrogen-bond acceptors (Lipinski definition) is 2. The molecule has 1 aromatic rings. The summed E-state index contributed by atoms with van der Waals surface area (Å²) in [5.41, 5.74) is 0.831. The molecule has 0 aromatic heterocycles. The van der Waals surface area contributed by atoms with E-state index < -0.39 is 10.0 Å². The summed E-state index contributed by atoms with van der Waals surface area (Å²) in [5.74, 6) is 0. The highest BCUT2D eigenvalue weighted by atomic mass is 32.2. The predicted molar refractivity (Wildman–Crippen MR) is 67.2 cm³/mol. The van der Waals surface area contributed by atoms with Crippen molar-refractivity contribution in [2.45, 2.75) is 36.6 Å². The first kappa shape index (κ1) is 11.7. The monoisotopic (exact) mass is 237 g/mol. The van der Waals surface area contributed by atoms with Gasteiger partial charge >= 0.3 is 0 Å². The maximum absolute atomic E-state index is 12.0. The van der Waals surface area contributed by atoms with Gasteiger partial charge in [0.25, 0.3) is 0 Å². The summed E-state index contributed by atoms with van der Waals surface area (Å²) in [6.45, 7) is 1.96. The van der Waals surface area contributed by atoms with Crippen LogP contribution in [0.1, 0.15) is 26.2 Å². The van der Waals surface area contributed by atoms with Crippen LogP contribution in [0.3, 0.4) is 0 Å². The van der Waals surface area contributed by atoms with Gasteiger partial charge in [0.05, 0.1) is 4.90 Å². The van der Waals surface area contributed by atoms with Gasteiger partial charge in [-0.2, -0.15) is 0 Å². The molecular formula is C11H16BNO2S. The molecule has 0 amide bonds. The standard InChI is InChI=1S/C11H16BNO2S/c1-11(7-2-8-11)13-16(14,15)10-5-3-9(12)4-6-10/h3-6,13H,2,7-8,12H2,1H3. The summed E-state index contributed by atoms with van der Waals surface area (Å²) in [7, 11) is -1.40. The van der Waals surface area contributed by atoms with Crippen molar-refractivity contribution in [2.24, 2.45) is 0 Å². The van der Waals surface area contributed by atoms with Crippen molar-refractivity contribution >= 4 is 23.3 Å². The second-order valence-corrected chi connectivity index (χ2v) is 6.52. The molecule has 0 spiro atoms. The minimum absolute atomic E-state index is 0.232. The second kappa shape index (κ2) is 3.89. The number of benzene rings is 1. The Morgan fingerprint density at radius 3 is 2.25 bits per heavy atom. The summed E-state index contributed by atoms with van der Waals surface area (Å²) in [5, 5.41) is 0. The minimum atomic E-state index is -3.35. The van der Waals surface area contributed by atoms with Crippen LogP contribution in [0.4, 0.5) is 0 Å². The average molecular weight is 237 g/mol. The molecule has 1 N–H and O–H groups in total. The Hall–Kier alpha value is -0.805. The van der Waals surface area contributed by atoms with Crippen molar-refractivity contribution in [3.8, 4) is 0 Å². The Bertz CT molecular complexity index is 477. The molecule has 86 valence electrons. The van der Waals surface area contributed by atoms with E-state index in [1.54, 1.807) is 12.1 Å². The molecule has 0 unspecified atom stereocenters. The van der Waals surface area contributed by atoms with Crippen LogP contribution in [0.25, 0.3) is 0 Å². The zero-order valence-corrected chi connectivity index (χ0v) is 10.5. The lowest BCUT2D eigenvalue weighted by Gasteiger charge is -2.38. The Balaban J connectivity index is 2.22. The lowest BCUT2D eigenvalue weighted by Crippen LogP contribution is -2.50. The average Bonchev–Trinajstić information content (AvgIpc) is 2.15. The number of sulfonamides is 1. The molecule has 1 saturated carbocycles. The van der Waals surface area contributed by atoms with Gasteiger partial charge in [0.2, 0.25) is 10.0 Å². The third-order valence-electron chi connectivity index (χ3n) is 3.17. The molecule has 1 aliphatic carbocycles. The summed E-state index contributed by atoms with van der Waals surface area (Å²) in [6.07, 6.45) is 2.96. The van der Waals surface area contributed by atoms with Crippen molar-refractivity contribution in [3.05, 3.63) is 24.3 Å². The van der Waals surface area contributed by atoms with Gasteiger partial charge in [-0.1, -0.05) is 17.6 Å². The fourth-order valence-electron chi connectivity index (χ4n) is 1.91. The molecule has 0 atom stereocenters. The predicted octanol–water partition coefficient (Wildman–Crippen LogP) is 0.166. The van der Waals surface area contributed by atoms with Crippen LogP contribution in [0.15, 0.2) is 29.2 Å². The van der Waals surface area contributed by atoms with E-state index in [4.69, 9.17) is 0 Å². The van der Waals surface area contributed by atoms with E-state index in [0.717, 1.165) is 24.7 Å². The lowest BCUT2D eigenvalue weighted by atomic mass is 9.80. The maximum Gasteiger partial charge on any atom is 0.241 e. The van der Waals surface area contributed by atoms with E-state index in [-0.39, 0.29) is 5.54 Å². The van der Waals surface area contributed by atoms with Gasteiger partial charge in [0.1, 0.15) is 7.85 Å². The fraction of sp³-hybridized carbons (Fsp3) is 0.455. The zero-order valence-electron chi connectivity index (χ0n) is 9.66. The van der Waals surface area contributed by atoms with Crippen LogP contribution < -0.4 is 10.2 Å².